The summed E-state index contributed by atoms with van der Waals surface area (Å²) in [5.74, 6) is 10.1. The van der Waals surface area contributed by atoms with E-state index in [0.29, 0.717) is 0 Å². The Morgan fingerprint density at radius 1 is 0.417 bits per heavy atom. The van der Waals surface area contributed by atoms with Gasteiger partial charge in [-0.05, 0) is 73.0 Å². The van der Waals surface area contributed by atoms with Crippen molar-refractivity contribution in [3.05, 3.63) is 0 Å². The summed E-state index contributed by atoms with van der Waals surface area (Å²) in [5.41, 5.74) is 0. The standard InChI is InChI=1S/C12H16/c1-2-6-8-4-3-7-5(1)9(6)12-10(7)11(8)12/h5-12H,1-4H2. The van der Waals surface area contributed by atoms with Gasteiger partial charge in [0, 0.05) is 0 Å². The van der Waals surface area contributed by atoms with E-state index < -0.39 is 0 Å². The normalized spacial score (nSPS) is 80.0. The Hall–Kier alpha value is 0. The molecule has 6 atom stereocenters. The fourth-order valence-corrected chi connectivity index (χ4v) is 6.47. The van der Waals surface area contributed by atoms with E-state index in [1.54, 1.807) is 25.7 Å². The molecule has 0 nitrogen and oxygen atoms in total. The zero-order valence-corrected chi connectivity index (χ0v) is 7.45. The van der Waals surface area contributed by atoms with Crippen molar-refractivity contribution in [2.24, 2.45) is 47.3 Å². The van der Waals surface area contributed by atoms with Crippen molar-refractivity contribution in [3.8, 4) is 0 Å². The lowest BCUT2D eigenvalue weighted by molar-refractivity contribution is 0.192. The fourth-order valence-electron chi connectivity index (χ4n) is 6.47. The van der Waals surface area contributed by atoms with Gasteiger partial charge < -0.3 is 0 Å². The minimum absolute atomic E-state index is 1.24. The molecule has 5 aliphatic carbocycles. The molecule has 5 fully saturated rings. The summed E-state index contributed by atoms with van der Waals surface area (Å²) in [5, 5.41) is 0. The van der Waals surface area contributed by atoms with Crippen molar-refractivity contribution < 1.29 is 0 Å². The van der Waals surface area contributed by atoms with Crippen LogP contribution in [0.4, 0.5) is 0 Å². The first-order valence-electron chi connectivity index (χ1n) is 5.97. The van der Waals surface area contributed by atoms with E-state index in [1.165, 1.54) is 47.3 Å². The summed E-state index contributed by atoms with van der Waals surface area (Å²) in [6.45, 7) is 0. The molecule has 0 amide bonds. The lowest BCUT2D eigenvalue weighted by Gasteiger charge is -2.30. The van der Waals surface area contributed by atoms with Crippen LogP contribution >= 0.6 is 0 Å². The molecule has 5 aliphatic rings. The van der Waals surface area contributed by atoms with Crippen molar-refractivity contribution in [2.45, 2.75) is 25.7 Å². The Balaban J connectivity index is 1.81. The van der Waals surface area contributed by atoms with Crippen LogP contribution in [0.25, 0.3) is 0 Å². The van der Waals surface area contributed by atoms with Crippen LogP contribution in [0.5, 0.6) is 0 Å². The summed E-state index contributed by atoms with van der Waals surface area (Å²) in [7, 11) is 0. The largest absolute Gasteiger partial charge is 0.0496 e. The van der Waals surface area contributed by atoms with Gasteiger partial charge in [-0.3, -0.25) is 0 Å². The molecule has 12 heavy (non-hydrogen) atoms. The molecule has 0 N–H and O–H groups in total. The van der Waals surface area contributed by atoms with E-state index in [2.05, 4.69) is 0 Å². The summed E-state index contributed by atoms with van der Waals surface area (Å²) in [6.07, 6.45) is 6.55. The minimum Gasteiger partial charge on any atom is -0.0496 e. The van der Waals surface area contributed by atoms with Crippen LogP contribution in [-0.4, -0.2) is 0 Å². The van der Waals surface area contributed by atoms with Crippen LogP contribution in [0.1, 0.15) is 25.7 Å². The zero-order valence-electron chi connectivity index (χ0n) is 7.45. The van der Waals surface area contributed by atoms with E-state index in [1.807, 2.05) is 0 Å². The number of rotatable bonds is 0. The van der Waals surface area contributed by atoms with Gasteiger partial charge in [0.05, 0.1) is 0 Å². The fraction of sp³-hybridized carbons (Fsp3) is 1.00. The molecular weight excluding hydrogens is 144 g/mol. The molecule has 0 heteroatoms. The maximum atomic E-state index is 1.64. The third-order valence-electron chi connectivity index (χ3n) is 6.38. The first-order valence-corrected chi connectivity index (χ1v) is 5.97. The second-order valence-electron chi connectivity index (χ2n) is 6.12. The average molecular weight is 160 g/mol. The van der Waals surface area contributed by atoms with Gasteiger partial charge >= 0.3 is 0 Å². The van der Waals surface area contributed by atoms with Gasteiger partial charge in [-0.15, -0.1) is 0 Å². The Labute approximate surface area is 73.7 Å². The van der Waals surface area contributed by atoms with Crippen molar-refractivity contribution in [1.82, 2.24) is 0 Å². The summed E-state index contributed by atoms with van der Waals surface area (Å²) < 4.78 is 0. The van der Waals surface area contributed by atoms with Crippen molar-refractivity contribution >= 4 is 0 Å². The monoisotopic (exact) mass is 160 g/mol. The maximum absolute atomic E-state index is 1.64. The first-order chi connectivity index (χ1) is 5.97. The number of fused-ring (bicyclic) bond motifs is 2. The Morgan fingerprint density at radius 2 is 0.833 bits per heavy atom. The molecule has 0 radical (unpaired) electrons. The Kier molecular flexibility index (Phi) is 0.663. The molecule has 0 aromatic carbocycles. The van der Waals surface area contributed by atoms with Crippen LogP contribution < -0.4 is 0 Å². The second kappa shape index (κ2) is 1.40. The number of hydrogen-bond donors (Lipinski definition) is 0. The van der Waals surface area contributed by atoms with E-state index in [-0.39, 0.29) is 0 Å². The molecule has 64 valence electrons. The van der Waals surface area contributed by atoms with Gasteiger partial charge in [0.2, 0.25) is 0 Å². The minimum atomic E-state index is 1.24. The van der Waals surface area contributed by atoms with E-state index in [9.17, 15) is 0 Å². The van der Waals surface area contributed by atoms with Gasteiger partial charge in [-0.2, -0.15) is 0 Å². The first kappa shape index (κ1) is 5.67. The van der Waals surface area contributed by atoms with Gasteiger partial charge in [-0.1, -0.05) is 0 Å². The third kappa shape index (κ3) is 0.352. The van der Waals surface area contributed by atoms with Crippen LogP contribution in [0.3, 0.4) is 0 Å². The van der Waals surface area contributed by atoms with Gasteiger partial charge in [0.1, 0.15) is 0 Å². The molecule has 5 saturated carbocycles. The Morgan fingerprint density at radius 3 is 1.33 bits per heavy atom. The van der Waals surface area contributed by atoms with Crippen molar-refractivity contribution in [2.75, 3.05) is 0 Å². The highest BCUT2D eigenvalue weighted by Crippen LogP contribution is 2.83. The molecule has 0 bridgehead atoms. The smallest absolute Gasteiger partial charge is 0.0312 e. The molecule has 0 heterocycles. The SMILES string of the molecule is C1CC2C3CCC4C1C2C1C4C31. The molecule has 0 aliphatic heterocycles. The topological polar surface area (TPSA) is 0 Å². The van der Waals surface area contributed by atoms with Crippen molar-refractivity contribution in [3.63, 3.8) is 0 Å². The quantitative estimate of drug-likeness (QED) is 0.511. The van der Waals surface area contributed by atoms with Crippen LogP contribution in [0.15, 0.2) is 0 Å². The highest BCUT2D eigenvalue weighted by atomic mass is 14.8. The second-order valence-corrected chi connectivity index (χ2v) is 6.12. The molecule has 0 saturated heterocycles. The highest BCUT2D eigenvalue weighted by Gasteiger charge is 2.78. The number of hydrogen-bond acceptors (Lipinski definition) is 0. The van der Waals surface area contributed by atoms with Gasteiger partial charge in [-0.25, -0.2) is 0 Å². The molecule has 5 rings (SSSR count). The Bertz CT molecular complexity index is 243. The van der Waals surface area contributed by atoms with Gasteiger partial charge in [0.25, 0.3) is 0 Å². The molecule has 0 spiro atoms. The molecule has 0 aromatic heterocycles. The highest BCUT2D eigenvalue weighted by molar-refractivity contribution is 5.25. The van der Waals surface area contributed by atoms with Gasteiger partial charge in [0.15, 0.2) is 0 Å². The lowest BCUT2D eigenvalue weighted by Crippen LogP contribution is -2.22. The maximum Gasteiger partial charge on any atom is -0.0312 e. The van der Waals surface area contributed by atoms with Crippen LogP contribution in [0.2, 0.25) is 0 Å². The lowest BCUT2D eigenvalue weighted by atomic mass is 9.75. The summed E-state index contributed by atoms with van der Waals surface area (Å²) in [6, 6.07) is 0. The molecule has 6 unspecified atom stereocenters. The van der Waals surface area contributed by atoms with Crippen LogP contribution in [0, 0.1) is 47.3 Å². The van der Waals surface area contributed by atoms with Crippen molar-refractivity contribution in [1.29, 1.82) is 0 Å². The molecule has 0 aromatic rings. The summed E-state index contributed by atoms with van der Waals surface area (Å²) >= 11 is 0. The average Bonchev–Trinajstić information content (AvgIpc) is 2.42. The zero-order chi connectivity index (χ0) is 7.45. The predicted octanol–water partition coefficient (Wildman–Crippen LogP) is 2.54. The van der Waals surface area contributed by atoms with E-state index >= 15 is 0 Å². The molecular formula is C12H16. The summed E-state index contributed by atoms with van der Waals surface area (Å²) in [4.78, 5) is 0. The third-order valence-corrected chi connectivity index (χ3v) is 6.38. The van der Waals surface area contributed by atoms with E-state index in [4.69, 9.17) is 0 Å². The van der Waals surface area contributed by atoms with Crippen LogP contribution in [-0.2, 0) is 0 Å². The predicted molar refractivity (Wildman–Crippen MR) is 46.4 cm³/mol. The van der Waals surface area contributed by atoms with E-state index in [0.717, 1.165) is 0 Å².